The van der Waals surface area contributed by atoms with Crippen molar-refractivity contribution < 1.29 is 4.74 Å². The van der Waals surface area contributed by atoms with Crippen LogP contribution in [-0.4, -0.2) is 21.0 Å². The van der Waals surface area contributed by atoms with E-state index in [0.717, 1.165) is 22.0 Å². The summed E-state index contributed by atoms with van der Waals surface area (Å²) < 4.78 is 1.17. The van der Waals surface area contributed by atoms with E-state index in [1.165, 1.54) is 10.3 Å². The van der Waals surface area contributed by atoms with Gasteiger partial charge in [-0.1, -0.05) is 43.3 Å². The first-order valence-electron chi connectivity index (χ1n) is 8.29. The summed E-state index contributed by atoms with van der Waals surface area (Å²) in [5.41, 5.74) is 4.25. The summed E-state index contributed by atoms with van der Waals surface area (Å²) in [5, 5.41) is 14.3. The van der Waals surface area contributed by atoms with Crippen LogP contribution in [0.1, 0.15) is 43.4 Å². The van der Waals surface area contributed by atoms with Crippen molar-refractivity contribution >= 4 is 16.6 Å². The number of para-hydroxylation sites is 1. The molecule has 2 heterocycles. The number of nitrogens with zero attached hydrogens (tertiary/aromatic N) is 2. The normalized spacial score (nSPS) is 19.4. The average molecular weight is 316 g/mol. The second-order valence-corrected chi connectivity index (χ2v) is 7.02. The van der Waals surface area contributed by atoms with Crippen molar-refractivity contribution in [1.29, 1.82) is 0 Å². The average Bonchev–Trinajstić information content (AvgIpc) is 2.60. The highest BCUT2D eigenvalue weighted by Crippen LogP contribution is 2.38. The molecule has 0 N–H and O–H groups in total. The van der Waals surface area contributed by atoms with Crippen LogP contribution >= 0.6 is 0 Å². The van der Waals surface area contributed by atoms with Gasteiger partial charge in [0.05, 0.1) is 16.6 Å². The van der Waals surface area contributed by atoms with Crippen molar-refractivity contribution in [2.24, 2.45) is 0 Å². The van der Waals surface area contributed by atoms with E-state index in [1.54, 1.807) is 0 Å². The van der Waals surface area contributed by atoms with Gasteiger partial charge in [-0.15, -0.1) is 0 Å². The first-order valence-corrected chi connectivity index (χ1v) is 8.29. The molecule has 0 bridgehead atoms. The highest BCUT2D eigenvalue weighted by Gasteiger charge is 2.43. The van der Waals surface area contributed by atoms with Gasteiger partial charge in [-0.3, -0.25) is 4.98 Å². The van der Waals surface area contributed by atoms with Gasteiger partial charge in [0.15, 0.2) is 5.54 Å². The Kier molecular flexibility index (Phi) is 3.20. The van der Waals surface area contributed by atoms with Gasteiger partial charge in [0, 0.05) is 31.3 Å². The molecule has 0 saturated carbocycles. The zero-order valence-corrected chi connectivity index (χ0v) is 14.2. The number of benzene rings is 2. The zero-order chi connectivity index (χ0) is 16.9. The lowest BCUT2D eigenvalue weighted by Gasteiger charge is -2.37. The minimum Gasteiger partial charge on any atom is -0.623 e. The molecule has 4 rings (SSSR count). The van der Waals surface area contributed by atoms with Crippen LogP contribution in [0, 0.1) is 5.21 Å². The van der Waals surface area contributed by atoms with Gasteiger partial charge in [0.1, 0.15) is 0 Å². The Balaban J connectivity index is 2.01. The lowest BCUT2D eigenvalue weighted by molar-refractivity contribution is -0.546. The second-order valence-electron chi connectivity index (χ2n) is 7.02. The predicted molar refractivity (Wildman–Crippen MR) is 97.5 cm³/mol. The van der Waals surface area contributed by atoms with Crippen LogP contribution in [0.2, 0.25) is 0 Å². The molecule has 0 aliphatic carbocycles. The fourth-order valence-corrected chi connectivity index (χ4v) is 3.52. The van der Waals surface area contributed by atoms with E-state index in [-0.39, 0.29) is 5.92 Å². The standard InChI is InChI=1S/C21H20N2O/c1-14-17-9-5-6-10-18(17)20(23(24)21(14,2)3)16-12-15-8-4-7-11-19(15)22-13-16/h4-14H,1-3H3. The van der Waals surface area contributed by atoms with Gasteiger partial charge >= 0.3 is 0 Å². The Morgan fingerprint density at radius 3 is 2.58 bits per heavy atom. The van der Waals surface area contributed by atoms with E-state index >= 15 is 0 Å². The maximum Gasteiger partial charge on any atom is 0.227 e. The van der Waals surface area contributed by atoms with Crippen molar-refractivity contribution in [2.75, 3.05) is 0 Å². The molecular weight excluding hydrogens is 296 g/mol. The van der Waals surface area contributed by atoms with Gasteiger partial charge in [-0.2, -0.15) is 4.74 Å². The maximum absolute atomic E-state index is 13.2. The minimum atomic E-state index is -0.505. The van der Waals surface area contributed by atoms with Gasteiger partial charge in [-0.05, 0) is 23.8 Å². The first-order chi connectivity index (χ1) is 11.5. The molecule has 1 aliphatic rings. The molecule has 0 saturated heterocycles. The van der Waals surface area contributed by atoms with Crippen LogP contribution in [0.4, 0.5) is 0 Å². The molecule has 0 radical (unpaired) electrons. The number of pyridine rings is 1. The Labute approximate surface area is 141 Å². The third-order valence-electron chi connectivity index (χ3n) is 5.33. The summed E-state index contributed by atoms with van der Waals surface area (Å²) in [4.78, 5) is 4.54. The topological polar surface area (TPSA) is 39.0 Å². The van der Waals surface area contributed by atoms with Crippen molar-refractivity contribution in [2.45, 2.75) is 32.2 Å². The second kappa shape index (κ2) is 5.17. The van der Waals surface area contributed by atoms with Crippen LogP contribution in [0.3, 0.4) is 0 Å². The Bertz CT molecular complexity index is 972. The van der Waals surface area contributed by atoms with Crippen molar-refractivity contribution in [3.8, 4) is 0 Å². The van der Waals surface area contributed by atoms with E-state index in [4.69, 9.17) is 0 Å². The van der Waals surface area contributed by atoms with E-state index in [1.807, 2.05) is 62.5 Å². The molecule has 0 spiro atoms. The fourth-order valence-electron chi connectivity index (χ4n) is 3.52. The minimum absolute atomic E-state index is 0.156. The molecule has 2 aromatic carbocycles. The largest absolute Gasteiger partial charge is 0.623 e. The molecule has 1 aliphatic heterocycles. The van der Waals surface area contributed by atoms with E-state index < -0.39 is 5.54 Å². The smallest absolute Gasteiger partial charge is 0.227 e. The van der Waals surface area contributed by atoms with Crippen molar-refractivity contribution in [3.05, 3.63) is 82.7 Å². The first kappa shape index (κ1) is 14.9. The van der Waals surface area contributed by atoms with Crippen LogP contribution < -0.4 is 0 Å². The summed E-state index contributed by atoms with van der Waals surface area (Å²) in [6.45, 7) is 6.14. The fraction of sp³-hybridized carbons (Fsp3) is 0.238. The summed E-state index contributed by atoms with van der Waals surface area (Å²) in [7, 11) is 0. The van der Waals surface area contributed by atoms with Gasteiger partial charge in [0.25, 0.3) is 0 Å². The number of hydrogen-bond donors (Lipinski definition) is 0. The molecule has 120 valence electrons. The van der Waals surface area contributed by atoms with Crippen LogP contribution in [-0.2, 0) is 0 Å². The number of rotatable bonds is 1. The van der Waals surface area contributed by atoms with E-state index in [9.17, 15) is 5.21 Å². The molecule has 0 fully saturated rings. The summed E-state index contributed by atoms with van der Waals surface area (Å²) >= 11 is 0. The summed E-state index contributed by atoms with van der Waals surface area (Å²) in [6, 6.07) is 18.3. The SMILES string of the molecule is CC1c2ccccc2C(c2cnc3ccccc3c2)=[N+]([O-])C1(C)C. The number of fused-ring (bicyclic) bond motifs is 2. The molecule has 1 unspecified atom stereocenters. The lowest BCUT2D eigenvalue weighted by atomic mass is 9.76. The molecule has 0 amide bonds. The molecular formula is C21H20N2O. The Morgan fingerprint density at radius 2 is 1.75 bits per heavy atom. The maximum atomic E-state index is 13.2. The van der Waals surface area contributed by atoms with E-state index in [0.29, 0.717) is 5.71 Å². The monoisotopic (exact) mass is 316 g/mol. The van der Waals surface area contributed by atoms with Crippen molar-refractivity contribution in [3.63, 3.8) is 0 Å². The predicted octanol–water partition coefficient (Wildman–Crippen LogP) is 4.48. The van der Waals surface area contributed by atoms with Crippen molar-refractivity contribution in [1.82, 2.24) is 4.98 Å². The molecule has 24 heavy (non-hydrogen) atoms. The summed E-state index contributed by atoms with van der Waals surface area (Å²) in [5.74, 6) is 0.156. The molecule has 3 aromatic rings. The van der Waals surface area contributed by atoms with Crippen LogP contribution in [0.15, 0.2) is 60.8 Å². The lowest BCUT2D eigenvalue weighted by Crippen LogP contribution is -2.45. The quantitative estimate of drug-likeness (QED) is 0.490. The van der Waals surface area contributed by atoms with Crippen LogP contribution in [0.25, 0.3) is 10.9 Å². The van der Waals surface area contributed by atoms with E-state index in [2.05, 4.69) is 24.0 Å². The third kappa shape index (κ3) is 2.04. The zero-order valence-electron chi connectivity index (χ0n) is 14.2. The van der Waals surface area contributed by atoms with Gasteiger partial charge in [-0.25, -0.2) is 0 Å². The molecule has 3 heteroatoms. The van der Waals surface area contributed by atoms with Gasteiger partial charge < -0.3 is 5.21 Å². The van der Waals surface area contributed by atoms with Crippen LogP contribution in [0.5, 0.6) is 0 Å². The molecule has 1 atom stereocenters. The highest BCUT2D eigenvalue weighted by atomic mass is 16.5. The highest BCUT2D eigenvalue weighted by molar-refractivity contribution is 6.12. The number of hydrogen-bond acceptors (Lipinski definition) is 2. The number of hydroxylamine groups is 1. The Morgan fingerprint density at radius 1 is 1.04 bits per heavy atom. The molecule has 3 nitrogen and oxygen atoms in total. The third-order valence-corrected chi connectivity index (χ3v) is 5.33. The molecule has 1 aromatic heterocycles. The summed E-state index contributed by atoms with van der Waals surface area (Å²) in [6.07, 6.45) is 1.81. The Hall–Kier alpha value is -2.68. The van der Waals surface area contributed by atoms with Gasteiger partial charge in [0.2, 0.25) is 5.71 Å². The number of aromatic nitrogens is 1.